The minimum atomic E-state index is -0.525. The molecule has 0 saturated carbocycles. The van der Waals surface area contributed by atoms with Crippen LogP contribution in [0.3, 0.4) is 0 Å². The van der Waals surface area contributed by atoms with Gasteiger partial charge in [-0.1, -0.05) is 0 Å². The molecule has 5 nitrogen and oxygen atoms in total. The number of hydrogen-bond donors (Lipinski definition) is 2. The van der Waals surface area contributed by atoms with Crippen molar-refractivity contribution in [3.05, 3.63) is 23.8 Å². The minimum Gasteiger partial charge on any atom is -0.399 e. The van der Waals surface area contributed by atoms with E-state index in [9.17, 15) is 4.79 Å². The summed E-state index contributed by atoms with van der Waals surface area (Å²) >= 11 is 0. The summed E-state index contributed by atoms with van der Waals surface area (Å²) in [6, 6.07) is 5.36. The highest BCUT2D eigenvalue weighted by Crippen LogP contribution is 2.17. The number of nitrogen functional groups attached to an aromatic ring is 1. The third-order valence-electron chi connectivity index (χ3n) is 2.78. The van der Waals surface area contributed by atoms with E-state index in [1.54, 1.807) is 19.1 Å². The molecule has 0 aliphatic heterocycles. The van der Waals surface area contributed by atoms with Gasteiger partial charge in [-0.05, 0) is 51.5 Å². The van der Waals surface area contributed by atoms with Crippen LogP contribution >= 0.6 is 0 Å². The number of carbonyl (C=O) groups is 1. The topological polar surface area (TPSA) is 73.6 Å². The highest BCUT2D eigenvalue weighted by Gasteiger charge is 2.14. The molecule has 0 aliphatic carbocycles. The maximum Gasteiger partial charge on any atom is 0.253 e. The van der Waals surface area contributed by atoms with Crippen molar-refractivity contribution < 1.29 is 14.3 Å². The van der Waals surface area contributed by atoms with Gasteiger partial charge in [0.25, 0.3) is 5.91 Å². The van der Waals surface area contributed by atoms with Gasteiger partial charge in [-0.25, -0.2) is 0 Å². The summed E-state index contributed by atoms with van der Waals surface area (Å²) in [4.78, 5) is 12.0. The molecule has 1 atom stereocenters. The Kier molecular flexibility index (Phi) is 6.48. The number of nitrogens with one attached hydrogen (secondary N) is 1. The van der Waals surface area contributed by atoms with Gasteiger partial charge in [0.05, 0.1) is 19.3 Å². The van der Waals surface area contributed by atoms with Crippen molar-refractivity contribution in [1.29, 1.82) is 0 Å². The van der Waals surface area contributed by atoms with Gasteiger partial charge in [0.1, 0.15) is 6.10 Å². The lowest BCUT2D eigenvalue weighted by molar-refractivity contribution is -0.127. The summed E-state index contributed by atoms with van der Waals surface area (Å²) in [7, 11) is 0. The Bertz CT molecular complexity index is 447. The van der Waals surface area contributed by atoms with Crippen LogP contribution in [0.4, 0.5) is 11.4 Å². The van der Waals surface area contributed by atoms with Gasteiger partial charge in [-0.3, -0.25) is 4.79 Å². The van der Waals surface area contributed by atoms with E-state index in [1.807, 2.05) is 26.8 Å². The van der Waals surface area contributed by atoms with Gasteiger partial charge >= 0.3 is 0 Å². The lowest BCUT2D eigenvalue weighted by Crippen LogP contribution is -2.29. The molecule has 1 rings (SSSR count). The Balaban J connectivity index is 2.41. The zero-order valence-electron chi connectivity index (χ0n) is 12.6. The number of hydrogen-bond acceptors (Lipinski definition) is 4. The van der Waals surface area contributed by atoms with Crippen LogP contribution in [0.25, 0.3) is 0 Å². The summed E-state index contributed by atoms with van der Waals surface area (Å²) < 4.78 is 10.8. The van der Waals surface area contributed by atoms with Crippen molar-refractivity contribution in [2.75, 3.05) is 24.3 Å². The van der Waals surface area contributed by atoms with Gasteiger partial charge in [0, 0.05) is 11.4 Å². The Morgan fingerprint density at radius 1 is 1.25 bits per heavy atom. The van der Waals surface area contributed by atoms with Crippen molar-refractivity contribution in [2.24, 2.45) is 0 Å². The van der Waals surface area contributed by atoms with E-state index < -0.39 is 6.10 Å². The van der Waals surface area contributed by atoms with Crippen LogP contribution in [0.15, 0.2) is 18.2 Å². The first kappa shape index (κ1) is 16.5. The van der Waals surface area contributed by atoms with Crippen LogP contribution in [-0.2, 0) is 14.3 Å². The normalized spacial score (nSPS) is 12.4. The molecule has 1 aromatic carbocycles. The van der Waals surface area contributed by atoms with E-state index in [4.69, 9.17) is 15.2 Å². The van der Waals surface area contributed by atoms with E-state index in [2.05, 4.69) is 5.32 Å². The summed E-state index contributed by atoms with van der Waals surface area (Å²) in [5, 5.41) is 2.83. The van der Waals surface area contributed by atoms with Crippen LogP contribution < -0.4 is 11.1 Å². The Morgan fingerprint density at radius 2 is 1.90 bits per heavy atom. The quantitative estimate of drug-likeness (QED) is 0.594. The minimum absolute atomic E-state index is 0.167. The lowest BCUT2D eigenvalue weighted by atomic mass is 10.1. The Hall–Kier alpha value is -1.59. The Morgan fingerprint density at radius 3 is 2.50 bits per heavy atom. The number of amides is 1. The molecule has 0 spiro atoms. The smallest absolute Gasteiger partial charge is 0.253 e. The number of aryl methyl sites for hydroxylation is 1. The molecule has 20 heavy (non-hydrogen) atoms. The SMILES string of the molecule is Cc1cc(N)ccc1NC(=O)C(C)OCCOC(C)C. The highest BCUT2D eigenvalue weighted by atomic mass is 16.5. The van der Waals surface area contributed by atoms with Crippen LogP contribution in [0.5, 0.6) is 0 Å². The van der Waals surface area contributed by atoms with Gasteiger partial charge < -0.3 is 20.5 Å². The second-order valence-electron chi connectivity index (χ2n) is 5.00. The fraction of sp³-hybridized carbons (Fsp3) is 0.533. The number of carbonyl (C=O) groups excluding carboxylic acids is 1. The lowest BCUT2D eigenvalue weighted by Gasteiger charge is -2.15. The fourth-order valence-electron chi connectivity index (χ4n) is 1.65. The molecule has 1 amide bonds. The second kappa shape index (κ2) is 7.87. The third kappa shape index (κ3) is 5.59. The van der Waals surface area contributed by atoms with Crippen molar-refractivity contribution in [1.82, 2.24) is 0 Å². The van der Waals surface area contributed by atoms with Crippen molar-refractivity contribution in [2.45, 2.75) is 39.9 Å². The Labute approximate surface area is 120 Å². The van der Waals surface area contributed by atoms with E-state index in [-0.39, 0.29) is 12.0 Å². The van der Waals surface area contributed by atoms with Crippen LogP contribution in [0.1, 0.15) is 26.3 Å². The molecule has 1 unspecified atom stereocenters. The molecule has 3 N–H and O–H groups in total. The van der Waals surface area contributed by atoms with Crippen molar-refractivity contribution in [3.63, 3.8) is 0 Å². The molecule has 0 bridgehead atoms. The molecular formula is C15H24N2O3. The molecule has 1 aromatic rings. The van der Waals surface area contributed by atoms with Gasteiger partial charge in [-0.2, -0.15) is 0 Å². The first-order chi connectivity index (χ1) is 9.40. The number of anilines is 2. The summed E-state index contributed by atoms with van der Waals surface area (Å²) in [5.74, 6) is -0.178. The second-order valence-corrected chi connectivity index (χ2v) is 5.00. The van der Waals surface area contributed by atoms with Crippen LogP contribution in [-0.4, -0.2) is 31.3 Å². The summed E-state index contributed by atoms with van der Waals surface area (Å²) in [5.41, 5.74) is 8.02. The molecule has 0 fully saturated rings. The molecule has 0 saturated heterocycles. The first-order valence-corrected chi connectivity index (χ1v) is 6.80. The predicted octanol–water partition coefficient (Wildman–Crippen LogP) is 2.35. The monoisotopic (exact) mass is 280 g/mol. The maximum absolute atomic E-state index is 12.0. The number of rotatable bonds is 7. The first-order valence-electron chi connectivity index (χ1n) is 6.80. The van der Waals surface area contributed by atoms with E-state index >= 15 is 0 Å². The molecule has 0 aliphatic rings. The summed E-state index contributed by atoms with van der Waals surface area (Å²) in [6.45, 7) is 8.41. The average molecular weight is 280 g/mol. The molecule has 0 aromatic heterocycles. The zero-order chi connectivity index (χ0) is 15.1. The van der Waals surface area contributed by atoms with Gasteiger partial charge in [0.2, 0.25) is 0 Å². The maximum atomic E-state index is 12.0. The van der Waals surface area contributed by atoms with Crippen LogP contribution in [0.2, 0.25) is 0 Å². The van der Waals surface area contributed by atoms with Crippen molar-refractivity contribution >= 4 is 17.3 Å². The summed E-state index contributed by atoms with van der Waals surface area (Å²) in [6.07, 6.45) is -0.358. The van der Waals surface area contributed by atoms with E-state index in [0.29, 0.717) is 18.9 Å². The largest absolute Gasteiger partial charge is 0.399 e. The predicted molar refractivity (Wildman–Crippen MR) is 80.7 cm³/mol. The highest BCUT2D eigenvalue weighted by molar-refractivity contribution is 5.94. The average Bonchev–Trinajstić information content (AvgIpc) is 2.37. The van der Waals surface area contributed by atoms with E-state index in [0.717, 1.165) is 11.3 Å². The van der Waals surface area contributed by atoms with Crippen molar-refractivity contribution in [3.8, 4) is 0 Å². The van der Waals surface area contributed by atoms with Gasteiger partial charge in [-0.15, -0.1) is 0 Å². The fourth-order valence-corrected chi connectivity index (χ4v) is 1.65. The number of benzene rings is 1. The molecule has 5 heteroatoms. The van der Waals surface area contributed by atoms with Gasteiger partial charge in [0.15, 0.2) is 0 Å². The van der Waals surface area contributed by atoms with Crippen LogP contribution in [0, 0.1) is 6.92 Å². The standard InChI is InChI=1S/C15H24N2O3/c1-10(2)19-7-8-20-12(4)15(18)17-14-6-5-13(16)9-11(14)3/h5-6,9-10,12H,7-8,16H2,1-4H3,(H,17,18). The van der Waals surface area contributed by atoms with E-state index in [1.165, 1.54) is 0 Å². The number of nitrogens with two attached hydrogens (primary N) is 1. The number of ether oxygens (including phenoxy) is 2. The third-order valence-corrected chi connectivity index (χ3v) is 2.78. The molecule has 112 valence electrons. The molecule has 0 heterocycles. The zero-order valence-corrected chi connectivity index (χ0v) is 12.6. The molecular weight excluding hydrogens is 256 g/mol. The molecule has 0 radical (unpaired) electrons.